The number of aromatic nitrogens is 3. The minimum atomic E-state index is -0.498. The van der Waals surface area contributed by atoms with Crippen LogP contribution in [0.5, 0.6) is 0 Å². The van der Waals surface area contributed by atoms with Gasteiger partial charge in [-0.05, 0) is 37.3 Å². The van der Waals surface area contributed by atoms with Crippen molar-refractivity contribution in [2.45, 2.75) is 17.3 Å². The monoisotopic (exact) mass is 376 g/mol. The van der Waals surface area contributed by atoms with E-state index < -0.39 is 11.1 Å². The van der Waals surface area contributed by atoms with Crippen LogP contribution in [0.1, 0.15) is 6.92 Å². The van der Waals surface area contributed by atoms with E-state index in [-0.39, 0.29) is 11.6 Å². The molecule has 0 fully saturated rings. The van der Waals surface area contributed by atoms with Crippen LogP contribution in [0, 0.1) is 5.82 Å². The molecule has 1 aromatic heterocycles. The number of para-hydroxylation sites is 1. The highest BCUT2D eigenvalue weighted by Gasteiger charge is 2.19. The van der Waals surface area contributed by atoms with E-state index in [2.05, 4.69) is 15.5 Å². The normalized spacial score (nSPS) is 12.0. The lowest BCUT2D eigenvalue weighted by molar-refractivity contribution is -0.115. The summed E-state index contributed by atoms with van der Waals surface area (Å²) in [7, 11) is 0. The van der Waals surface area contributed by atoms with Gasteiger partial charge in [-0.2, -0.15) is 0 Å². The molecule has 8 heteroatoms. The van der Waals surface area contributed by atoms with E-state index >= 15 is 0 Å². The topological polar surface area (TPSA) is 59.8 Å². The average molecular weight is 377 g/mol. The minimum absolute atomic E-state index is 0.149. The first-order chi connectivity index (χ1) is 12.0. The van der Waals surface area contributed by atoms with Gasteiger partial charge < -0.3 is 5.32 Å². The SMILES string of the molecule is C[C@@H](Sc1nncn1-c1cccc(Cl)c1)C(=O)Nc1ccccc1F. The van der Waals surface area contributed by atoms with Crippen molar-refractivity contribution in [1.29, 1.82) is 0 Å². The van der Waals surface area contributed by atoms with Crippen LogP contribution in [-0.2, 0) is 4.79 Å². The average Bonchev–Trinajstić information content (AvgIpc) is 3.05. The molecular formula is C17H14ClFN4OS. The third-order valence-electron chi connectivity index (χ3n) is 3.39. The Labute approximate surface area is 153 Å². The lowest BCUT2D eigenvalue weighted by Crippen LogP contribution is -2.23. The maximum atomic E-state index is 13.7. The van der Waals surface area contributed by atoms with Crippen molar-refractivity contribution in [1.82, 2.24) is 14.8 Å². The van der Waals surface area contributed by atoms with Gasteiger partial charge in [0.05, 0.1) is 16.6 Å². The van der Waals surface area contributed by atoms with Crippen molar-refractivity contribution >= 4 is 35.0 Å². The maximum absolute atomic E-state index is 13.7. The van der Waals surface area contributed by atoms with E-state index in [9.17, 15) is 9.18 Å². The fourth-order valence-electron chi connectivity index (χ4n) is 2.12. The van der Waals surface area contributed by atoms with Gasteiger partial charge in [-0.1, -0.05) is 41.6 Å². The van der Waals surface area contributed by atoms with Gasteiger partial charge in [0.25, 0.3) is 0 Å². The number of thioether (sulfide) groups is 1. The molecule has 0 aliphatic rings. The van der Waals surface area contributed by atoms with Crippen LogP contribution >= 0.6 is 23.4 Å². The Morgan fingerprint density at radius 1 is 1.28 bits per heavy atom. The summed E-state index contributed by atoms with van der Waals surface area (Å²) in [6.07, 6.45) is 1.55. The highest BCUT2D eigenvalue weighted by atomic mass is 35.5. The van der Waals surface area contributed by atoms with E-state index in [1.54, 1.807) is 42.1 Å². The lowest BCUT2D eigenvalue weighted by Gasteiger charge is -2.13. The maximum Gasteiger partial charge on any atom is 0.237 e. The predicted octanol–water partition coefficient (Wildman–Crippen LogP) is 4.18. The number of benzene rings is 2. The van der Waals surface area contributed by atoms with Crippen LogP contribution < -0.4 is 5.32 Å². The molecule has 1 atom stereocenters. The number of nitrogens with zero attached hydrogens (tertiary/aromatic N) is 3. The number of halogens is 2. The summed E-state index contributed by atoms with van der Waals surface area (Å²) in [4.78, 5) is 12.3. The number of carbonyl (C=O) groups excluding carboxylic acids is 1. The van der Waals surface area contributed by atoms with Crippen molar-refractivity contribution in [3.8, 4) is 5.69 Å². The Morgan fingerprint density at radius 3 is 2.84 bits per heavy atom. The smallest absolute Gasteiger partial charge is 0.237 e. The standard InChI is InChI=1S/C17H14ClFN4OS/c1-11(16(24)21-15-8-3-2-7-14(15)19)25-17-22-20-10-23(17)13-6-4-5-12(18)9-13/h2-11H,1H3,(H,21,24)/t11-/m1/s1. The van der Waals surface area contributed by atoms with Gasteiger partial charge in [0.1, 0.15) is 12.1 Å². The highest BCUT2D eigenvalue weighted by molar-refractivity contribution is 8.00. The van der Waals surface area contributed by atoms with Gasteiger partial charge in [0, 0.05) is 5.02 Å². The molecule has 3 aromatic rings. The van der Waals surface area contributed by atoms with Crippen molar-refractivity contribution in [3.05, 3.63) is 65.7 Å². The second-order valence-electron chi connectivity index (χ2n) is 5.19. The second kappa shape index (κ2) is 7.67. The Bertz CT molecular complexity index is 902. The zero-order valence-electron chi connectivity index (χ0n) is 13.2. The number of amides is 1. The molecule has 3 rings (SSSR count). The first kappa shape index (κ1) is 17.4. The molecule has 1 amide bonds. The number of hydrogen-bond donors (Lipinski definition) is 1. The fraction of sp³-hybridized carbons (Fsp3) is 0.118. The van der Waals surface area contributed by atoms with Crippen LogP contribution in [0.25, 0.3) is 5.69 Å². The van der Waals surface area contributed by atoms with Gasteiger partial charge in [-0.3, -0.25) is 9.36 Å². The fourth-order valence-corrected chi connectivity index (χ4v) is 3.14. The molecule has 0 spiro atoms. The molecule has 5 nitrogen and oxygen atoms in total. The van der Waals surface area contributed by atoms with Crippen molar-refractivity contribution < 1.29 is 9.18 Å². The van der Waals surface area contributed by atoms with Gasteiger partial charge in [0.15, 0.2) is 5.16 Å². The molecule has 25 heavy (non-hydrogen) atoms. The van der Waals surface area contributed by atoms with Gasteiger partial charge in [0.2, 0.25) is 5.91 Å². The molecule has 0 radical (unpaired) electrons. The van der Waals surface area contributed by atoms with Crippen LogP contribution in [-0.4, -0.2) is 25.9 Å². The van der Waals surface area contributed by atoms with E-state index in [4.69, 9.17) is 11.6 Å². The number of nitrogens with one attached hydrogen (secondary N) is 1. The zero-order valence-corrected chi connectivity index (χ0v) is 14.8. The summed E-state index contributed by atoms with van der Waals surface area (Å²) in [5.74, 6) is -0.800. The zero-order chi connectivity index (χ0) is 17.8. The number of anilines is 1. The molecule has 0 bridgehead atoms. The van der Waals surface area contributed by atoms with Crippen LogP contribution in [0.3, 0.4) is 0 Å². The van der Waals surface area contributed by atoms with Crippen molar-refractivity contribution in [3.63, 3.8) is 0 Å². The summed E-state index contributed by atoms with van der Waals surface area (Å²) in [6.45, 7) is 1.72. The van der Waals surface area contributed by atoms with E-state index in [1.807, 2.05) is 12.1 Å². The number of rotatable bonds is 5. The summed E-state index contributed by atoms with van der Waals surface area (Å²) in [5, 5.41) is 11.2. The van der Waals surface area contributed by atoms with E-state index in [1.165, 1.54) is 23.9 Å². The molecule has 0 saturated heterocycles. The van der Waals surface area contributed by atoms with Crippen LogP contribution in [0.15, 0.2) is 60.0 Å². The second-order valence-corrected chi connectivity index (χ2v) is 6.94. The molecule has 0 unspecified atom stereocenters. The molecular weight excluding hydrogens is 363 g/mol. The Kier molecular flexibility index (Phi) is 5.35. The first-order valence-corrected chi connectivity index (χ1v) is 8.68. The van der Waals surface area contributed by atoms with Gasteiger partial charge in [-0.15, -0.1) is 10.2 Å². The number of hydrogen-bond acceptors (Lipinski definition) is 4. The summed E-state index contributed by atoms with van der Waals surface area (Å²) in [5.41, 5.74) is 0.943. The Hall–Kier alpha value is -2.38. The summed E-state index contributed by atoms with van der Waals surface area (Å²) >= 11 is 7.24. The van der Waals surface area contributed by atoms with Crippen molar-refractivity contribution in [2.24, 2.45) is 0 Å². The molecule has 128 valence electrons. The molecule has 0 saturated carbocycles. The molecule has 0 aliphatic carbocycles. The molecule has 1 heterocycles. The minimum Gasteiger partial charge on any atom is -0.323 e. The van der Waals surface area contributed by atoms with Gasteiger partial charge >= 0.3 is 0 Å². The number of carbonyl (C=O) groups is 1. The van der Waals surface area contributed by atoms with E-state index in [0.29, 0.717) is 10.2 Å². The third kappa shape index (κ3) is 4.18. The Morgan fingerprint density at radius 2 is 2.08 bits per heavy atom. The molecule has 1 N–H and O–H groups in total. The first-order valence-electron chi connectivity index (χ1n) is 7.42. The lowest BCUT2D eigenvalue weighted by atomic mass is 10.3. The highest BCUT2D eigenvalue weighted by Crippen LogP contribution is 2.26. The predicted molar refractivity (Wildman–Crippen MR) is 96.7 cm³/mol. The third-order valence-corrected chi connectivity index (χ3v) is 4.68. The molecule has 0 aliphatic heterocycles. The largest absolute Gasteiger partial charge is 0.323 e. The van der Waals surface area contributed by atoms with E-state index in [0.717, 1.165) is 5.69 Å². The Balaban J connectivity index is 1.74. The van der Waals surface area contributed by atoms with Gasteiger partial charge in [-0.25, -0.2) is 4.39 Å². The van der Waals surface area contributed by atoms with Crippen LogP contribution in [0.2, 0.25) is 5.02 Å². The summed E-state index contributed by atoms with van der Waals surface area (Å²) < 4.78 is 15.4. The molecule has 2 aromatic carbocycles. The van der Waals surface area contributed by atoms with Crippen molar-refractivity contribution in [2.75, 3.05) is 5.32 Å². The quantitative estimate of drug-likeness (QED) is 0.678. The van der Waals surface area contributed by atoms with Crippen LogP contribution in [0.4, 0.5) is 10.1 Å². The summed E-state index contributed by atoms with van der Waals surface area (Å²) in [6, 6.07) is 13.3.